The third kappa shape index (κ3) is 2.01. The first kappa shape index (κ1) is 12.9. The number of benzene rings is 1. The third-order valence-electron chi connectivity index (χ3n) is 4.13. The fraction of sp³-hybridized carbons (Fsp3) is 0.375. The molecule has 0 spiro atoms. The van der Waals surface area contributed by atoms with Gasteiger partial charge in [0.1, 0.15) is 5.58 Å². The van der Waals surface area contributed by atoms with Gasteiger partial charge in [-0.25, -0.2) is 4.79 Å². The summed E-state index contributed by atoms with van der Waals surface area (Å²) in [6, 6.07) is 4.80. The number of aryl methyl sites for hydroxylation is 1. The monoisotopic (exact) mass is 272 g/mol. The molecule has 0 fully saturated rings. The van der Waals surface area contributed by atoms with Gasteiger partial charge in [0.25, 0.3) is 0 Å². The van der Waals surface area contributed by atoms with E-state index < -0.39 is 5.97 Å². The summed E-state index contributed by atoms with van der Waals surface area (Å²) in [7, 11) is 0. The summed E-state index contributed by atoms with van der Waals surface area (Å²) in [5.41, 5.74) is 2.50. The highest BCUT2D eigenvalue weighted by Gasteiger charge is 2.21. The molecule has 0 radical (unpaired) electrons. The van der Waals surface area contributed by atoms with Crippen molar-refractivity contribution in [2.75, 3.05) is 0 Å². The molecule has 0 bridgehead atoms. The van der Waals surface area contributed by atoms with Crippen LogP contribution in [0, 0.1) is 0 Å². The molecule has 1 N–H and O–H groups in total. The van der Waals surface area contributed by atoms with Gasteiger partial charge in [-0.1, -0.05) is 6.92 Å². The van der Waals surface area contributed by atoms with Gasteiger partial charge in [-0.15, -0.1) is 0 Å². The van der Waals surface area contributed by atoms with Gasteiger partial charge in [-0.05, 0) is 54.9 Å². The van der Waals surface area contributed by atoms with E-state index in [9.17, 15) is 9.59 Å². The molecule has 4 heteroatoms. The lowest BCUT2D eigenvalue weighted by Gasteiger charge is -2.24. The van der Waals surface area contributed by atoms with Crippen LogP contribution < -0.4 is 5.43 Å². The highest BCUT2D eigenvalue weighted by Crippen LogP contribution is 2.35. The van der Waals surface area contributed by atoms with Crippen molar-refractivity contribution in [2.24, 2.45) is 0 Å². The summed E-state index contributed by atoms with van der Waals surface area (Å²) < 4.78 is 5.34. The Morgan fingerprint density at radius 3 is 2.90 bits per heavy atom. The highest BCUT2D eigenvalue weighted by molar-refractivity contribution is 5.87. The van der Waals surface area contributed by atoms with Gasteiger partial charge in [0.2, 0.25) is 5.76 Å². The zero-order valence-electron chi connectivity index (χ0n) is 11.3. The number of fused-ring (bicyclic) bond motifs is 2. The second-order valence-electron chi connectivity index (χ2n) is 5.32. The van der Waals surface area contributed by atoms with E-state index in [1.165, 1.54) is 11.1 Å². The molecule has 1 atom stereocenters. The molecular formula is C16H16O4. The molecule has 1 aliphatic rings. The van der Waals surface area contributed by atoms with Crippen LogP contribution in [0.4, 0.5) is 0 Å². The lowest BCUT2D eigenvalue weighted by molar-refractivity contribution is 0.0663. The Bertz CT molecular complexity index is 742. The van der Waals surface area contributed by atoms with Gasteiger partial charge in [-0.2, -0.15) is 0 Å². The summed E-state index contributed by atoms with van der Waals surface area (Å²) in [5, 5.41) is 9.44. The second-order valence-corrected chi connectivity index (χ2v) is 5.32. The van der Waals surface area contributed by atoms with Crippen LogP contribution in [-0.4, -0.2) is 11.1 Å². The minimum absolute atomic E-state index is 0.285. The first-order valence-electron chi connectivity index (χ1n) is 6.94. The predicted molar refractivity (Wildman–Crippen MR) is 75.4 cm³/mol. The Hall–Kier alpha value is -2.10. The number of aromatic carboxylic acids is 1. The summed E-state index contributed by atoms with van der Waals surface area (Å²) in [5.74, 6) is -1.03. The second kappa shape index (κ2) is 4.78. The van der Waals surface area contributed by atoms with Crippen molar-refractivity contribution < 1.29 is 14.3 Å². The van der Waals surface area contributed by atoms with E-state index in [0.717, 1.165) is 31.7 Å². The van der Waals surface area contributed by atoms with Crippen LogP contribution in [0.5, 0.6) is 0 Å². The number of carbonyl (C=O) groups is 1. The number of hydrogen-bond donors (Lipinski definition) is 1. The van der Waals surface area contributed by atoms with Crippen molar-refractivity contribution >= 4 is 16.9 Å². The maximum absolute atomic E-state index is 12.1. The van der Waals surface area contributed by atoms with Gasteiger partial charge in [0.15, 0.2) is 5.43 Å². The van der Waals surface area contributed by atoms with E-state index in [4.69, 9.17) is 9.52 Å². The molecule has 1 aliphatic carbocycles. The van der Waals surface area contributed by atoms with Crippen LogP contribution in [0.2, 0.25) is 0 Å². The lowest BCUT2D eigenvalue weighted by Crippen LogP contribution is -2.12. The zero-order valence-corrected chi connectivity index (χ0v) is 11.3. The fourth-order valence-electron chi connectivity index (χ4n) is 3.08. The summed E-state index contributed by atoms with van der Waals surface area (Å²) >= 11 is 0. The van der Waals surface area contributed by atoms with E-state index in [-0.39, 0.29) is 11.2 Å². The van der Waals surface area contributed by atoms with Crippen molar-refractivity contribution in [2.45, 2.75) is 38.5 Å². The molecule has 0 saturated carbocycles. The molecule has 4 nitrogen and oxygen atoms in total. The van der Waals surface area contributed by atoms with Crippen LogP contribution in [0.3, 0.4) is 0 Å². The van der Waals surface area contributed by atoms with Gasteiger partial charge >= 0.3 is 5.97 Å². The molecular weight excluding hydrogens is 256 g/mol. The Labute approximate surface area is 116 Å². The quantitative estimate of drug-likeness (QED) is 0.910. The topological polar surface area (TPSA) is 67.5 Å². The smallest absolute Gasteiger partial charge is 0.371 e. The number of carboxylic acids is 1. The van der Waals surface area contributed by atoms with Crippen molar-refractivity contribution in [3.05, 3.63) is 45.3 Å². The summed E-state index contributed by atoms with van der Waals surface area (Å²) in [6.45, 7) is 2.15. The largest absolute Gasteiger partial charge is 0.475 e. The van der Waals surface area contributed by atoms with Crippen molar-refractivity contribution in [3.8, 4) is 0 Å². The Morgan fingerprint density at radius 1 is 1.40 bits per heavy atom. The SMILES string of the molecule is CCC1CCCc2cc3oc(C(=O)O)cc(=O)c3cc21. The average Bonchev–Trinajstić information content (AvgIpc) is 2.44. The first-order chi connectivity index (χ1) is 9.60. The normalized spacial score (nSPS) is 17.9. The molecule has 1 aromatic carbocycles. The summed E-state index contributed by atoms with van der Waals surface area (Å²) in [6.07, 6.45) is 4.28. The van der Waals surface area contributed by atoms with Crippen molar-refractivity contribution in [3.63, 3.8) is 0 Å². The van der Waals surface area contributed by atoms with Crippen molar-refractivity contribution in [1.82, 2.24) is 0 Å². The average molecular weight is 272 g/mol. The number of rotatable bonds is 2. The van der Waals surface area contributed by atoms with E-state index in [2.05, 4.69) is 6.92 Å². The third-order valence-corrected chi connectivity index (χ3v) is 4.13. The predicted octanol–water partition coefficient (Wildman–Crippen LogP) is 3.32. The summed E-state index contributed by atoms with van der Waals surface area (Å²) in [4.78, 5) is 23.0. The molecule has 0 saturated heterocycles. The number of hydrogen-bond acceptors (Lipinski definition) is 3. The first-order valence-corrected chi connectivity index (χ1v) is 6.94. The van der Waals surface area contributed by atoms with E-state index in [0.29, 0.717) is 16.9 Å². The molecule has 104 valence electrons. The van der Waals surface area contributed by atoms with E-state index in [1.807, 2.05) is 12.1 Å². The minimum atomic E-state index is -1.21. The van der Waals surface area contributed by atoms with Crippen LogP contribution >= 0.6 is 0 Å². The molecule has 3 rings (SSSR count). The molecule has 0 amide bonds. The van der Waals surface area contributed by atoms with Gasteiger partial charge in [0, 0.05) is 6.07 Å². The molecule has 1 aromatic heterocycles. The lowest BCUT2D eigenvalue weighted by atomic mass is 9.81. The molecule has 20 heavy (non-hydrogen) atoms. The number of carboxylic acid groups (broad SMARTS) is 1. The Morgan fingerprint density at radius 2 is 2.20 bits per heavy atom. The zero-order chi connectivity index (χ0) is 14.3. The van der Waals surface area contributed by atoms with Gasteiger partial charge in [-0.3, -0.25) is 4.79 Å². The maximum Gasteiger partial charge on any atom is 0.371 e. The van der Waals surface area contributed by atoms with Crippen LogP contribution in [-0.2, 0) is 6.42 Å². The molecule has 1 heterocycles. The molecule has 0 aliphatic heterocycles. The van der Waals surface area contributed by atoms with Gasteiger partial charge < -0.3 is 9.52 Å². The van der Waals surface area contributed by atoms with Gasteiger partial charge in [0.05, 0.1) is 5.39 Å². The minimum Gasteiger partial charge on any atom is -0.475 e. The van der Waals surface area contributed by atoms with Crippen LogP contribution in [0.1, 0.15) is 53.8 Å². The van der Waals surface area contributed by atoms with Crippen LogP contribution in [0.25, 0.3) is 11.0 Å². The Balaban J connectivity index is 2.27. The van der Waals surface area contributed by atoms with E-state index in [1.54, 1.807) is 0 Å². The standard InChI is InChI=1S/C16H16O4/c1-2-9-4-3-5-10-6-14-12(7-11(9)10)13(17)8-15(20-14)16(18)19/h6-9H,2-5H2,1H3,(H,18,19). The van der Waals surface area contributed by atoms with Crippen LogP contribution in [0.15, 0.2) is 27.4 Å². The molecule has 1 unspecified atom stereocenters. The van der Waals surface area contributed by atoms with E-state index >= 15 is 0 Å². The highest BCUT2D eigenvalue weighted by atomic mass is 16.4. The maximum atomic E-state index is 12.1. The Kier molecular flexibility index (Phi) is 3.08. The van der Waals surface area contributed by atoms with Crippen molar-refractivity contribution in [1.29, 1.82) is 0 Å². The fourth-order valence-corrected chi connectivity index (χ4v) is 3.08. The molecule has 2 aromatic rings.